The van der Waals surface area contributed by atoms with Crippen molar-refractivity contribution in [1.29, 1.82) is 0 Å². The van der Waals surface area contributed by atoms with Crippen LogP contribution in [0.4, 0.5) is 17.2 Å². The molecule has 31 heavy (non-hydrogen) atoms. The molecule has 0 saturated carbocycles. The Labute approximate surface area is 180 Å². The molecule has 9 nitrogen and oxygen atoms in total. The van der Waals surface area contributed by atoms with E-state index < -0.39 is 0 Å². The van der Waals surface area contributed by atoms with Gasteiger partial charge in [-0.1, -0.05) is 6.92 Å². The van der Waals surface area contributed by atoms with Gasteiger partial charge in [0, 0.05) is 42.6 Å². The van der Waals surface area contributed by atoms with Crippen LogP contribution in [0.25, 0.3) is 5.78 Å². The SMILES string of the molecule is CCc1c(C)nc2ncnn2c1N1CCC[C@H](C(=O)Nc2ccc(NC(C)=O)cc2)C1. The minimum absolute atomic E-state index is 0.00404. The Morgan fingerprint density at radius 1 is 1.16 bits per heavy atom. The number of hydrogen-bond donors (Lipinski definition) is 2. The Morgan fingerprint density at radius 2 is 1.87 bits per heavy atom. The number of hydrogen-bond acceptors (Lipinski definition) is 6. The van der Waals surface area contributed by atoms with Gasteiger partial charge in [0.05, 0.1) is 5.92 Å². The summed E-state index contributed by atoms with van der Waals surface area (Å²) >= 11 is 0. The van der Waals surface area contributed by atoms with Crippen molar-refractivity contribution in [1.82, 2.24) is 19.6 Å². The zero-order chi connectivity index (χ0) is 22.0. The minimum atomic E-state index is -0.138. The summed E-state index contributed by atoms with van der Waals surface area (Å²) in [6, 6.07) is 7.14. The third kappa shape index (κ3) is 4.35. The summed E-state index contributed by atoms with van der Waals surface area (Å²) in [6.45, 7) is 7.04. The van der Waals surface area contributed by atoms with Crippen molar-refractivity contribution in [3.63, 3.8) is 0 Å². The highest BCUT2D eigenvalue weighted by atomic mass is 16.2. The normalized spacial score (nSPS) is 16.4. The molecule has 4 rings (SSSR count). The Morgan fingerprint density at radius 3 is 2.55 bits per heavy atom. The predicted molar refractivity (Wildman–Crippen MR) is 119 cm³/mol. The fourth-order valence-corrected chi connectivity index (χ4v) is 4.17. The first kappa shape index (κ1) is 20.8. The van der Waals surface area contributed by atoms with Crippen LogP contribution in [0.2, 0.25) is 0 Å². The quantitative estimate of drug-likeness (QED) is 0.656. The fraction of sp³-hybridized carbons (Fsp3) is 0.409. The molecule has 1 aromatic carbocycles. The zero-order valence-corrected chi connectivity index (χ0v) is 18.1. The summed E-state index contributed by atoms with van der Waals surface area (Å²) in [5.74, 6) is 1.30. The van der Waals surface area contributed by atoms with Gasteiger partial charge >= 0.3 is 0 Å². The van der Waals surface area contributed by atoms with Crippen LogP contribution in [0, 0.1) is 12.8 Å². The smallest absolute Gasteiger partial charge is 0.254 e. The first-order valence-corrected chi connectivity index (χ1v) is 10.6. The van der Waals surface area contributed by atoms with Crippen LogP contribution >= 0.6 is 0 Å². The standard InChI is InChI=1S/C22H27N7O2/c1-4-19-14(2)25-22-23-13-24-29(22)21(19)28-11-5-6-16(12-28)20(31)27-18-9-7-17(8-10-18)26-15(3)30/h7-10,13,16H,4-6,11-12H2,1-3H3,(H,26,30)(H,27,31)/t16-/m0/s1. The molecule has 2 N–H and O–H groups in total. The number of nitrogens with zero attached hydrogens (tertiary/aromatic N) is 5. The number of carbonyl (C=O) groups is 2. The van der Waals surface area contributed by atoms with E-state index in [0.717, 1.165) is 42.9 Å². The van der Waals surface area contributed by atoms with Crippen molar-refractivity contribution in [2.45, 2.75) is 40.0 Å². The number of rotatable bonds is 5. The fourth-order valence-electron chi connectivity index (χ4n) is 4.17. The number of aromatic nitrogens is 4. The number of piperidine rings is 1. The number of fused-ring (bicyclic) bond motifs is 1. The van der Waals surface area contributed by atoms with Crippen LogP contribution in [0.15, 0.2) is 30.6 Å². The van der Waals surface area contributed by atoms with Crippen molar-refractivity contribution in [3.8, 4) is 0 Å². The Bertz CT molecular complexity index is 1110. The minimum Gasteiger partial charge on any atom is -0.355 e. The van der Waals surface area contributed by atoms with Gasteiger partial charge in [-0.15, -0.1) is 0 Å². The van der Waals surface area contributed by atoms with E-state index in [4.69, 9.17) is 0 Å². The van der Waals surface area contributed by atoms with Crippen molar-refractivity contribution in [2.24, 2.45) is 5.92 Å². The van der Waals surface area contributed by atoms with E-state index in [-0.39, 0.29) is 17.7 Å². The molecule has 0 aliphatic carbocycles. The zero-order valence-electron chi connectivity index (χ0n) is 18.1. The van der Waals surface area contributed by atoms with Crippen molar-refractivity contribution in [3.05, 3.63) is 41.9 Å². The molecule has 3 aromatic rings. The maximum Gasteiger partial charge on any atom is 0.254 e. The maximum absolute atomic E-state index is 13.0. The van der Waals surface area contributed by atoms with E-state index in [0.29, 0.717) is 23.7 Å². The Kier molecular flexibility index (Phi) is 5.83. The van der Waals surface area contributed by atoms with E-state index in [1.54, 1.807) is 28.8 Å². The lowest BCUT2D eigenvalue weighted by atomic mass is 9.96. The maximum atomic E-state index is 13.0. The molecule has 1 saturated heterocycles. The van der Waals surface area contributed by atoms with Gasteiger partial charge in [-0.25, -0.2) is 4.98 Å². The lowest BCUT2D eigenvalue weighted by Gasteiger charge is -2.35. The van der Waals surface area contributed by atoms with Crippen molar-refractivity contribution < 1.29 is 9.59 Å². The van der Waals surface area contributed by atoms with Gasteiger partial charge in [-0.05, 0) is 50.5 Å². The van der Waals surface area contributed by atoms with Crippen LogP contribution in [0.3, 0.4) is 0 Å². The number of amides is 2. The van der Waals surface area contributed by atoms with E-state index in [1.807, 2.05) is 6.92 Å². The molecule has 0 bridgehead atoms. The number of nitrogens with one attached hydrogen (secondary N) is 2. The topological polar surface area (TPSA) is 105 Å². The van der Waals surface area contributed by atoms with Gasteiger partial charge in [-0.2, -0.15) is 14.6 Å². The second-order valence-electron chi connectivity index (χ2n) is 7.86. The molecule has 0 unspecified atom stereocenters. The molecule has 1 aliphatic heterocycles. The highest BCUT2D eigenvalue weighted by Crippen LogP contribution is 2.29. The Hall–Kier alpha value is -3.49. The molecule has 1 atom stereocenters. The molecular weight excluding hydrogens is 394 g/mol. The van der Waals surface area contributed by atoms with E-state index in [9.17, 15) is 9.59 Å². The van der Waals surface area contributed by atoms with Crippen molar-refractivity contribution in [2.75, 3.05) is 28.6 Å². The van der Waals surface area contributed by atoms with Gasteiger partial charge < -0.3 is 15.5 Å². The number of anilines is 3. The van der Waals surface area contributed by atoms with Gasteiger partial charge in [0.1, 0.15) is 12.1 Å². The van der Waals surface area contributed by atoms with E-state index >= 15 is 0 Å². The van der Waals surface area contributed by atoms with Gasteiger partial charge in [0.2, 0.25) is 11.8 Å². The monoisotopic (exact) mass is 421 g/mol. The van der Waals surface area contributed by atoms with Crippen molar-refractivity contribution >= 4 is 34.8 Å². The summed E-state index contributed by atoms with van der Waals surface area (Å²) in [4.78, 5) is 35.2. The van der Waals surface area contributed by atoms with Gasteiger partial charge in [0.15, 0.2) is 0 Å². The largest absolute Gasteiger partial charge is 0.355 e. The average Bonchev–Trinajstić information content (AvgIpc) is 3.21. The molecular formula is C22H27N7O2. The summed E-state index contributed by atoms with van der Waals surface area (Å²) in [7, 11) is 0. The highest BCUT2D eigenvalue weighted by Gasteiger charge is 2.29. The van der Waals surface area contributed by atoms with Crippen LogP contribution < -0.4 is 15.5 Å². The van der Waals surface area contributed by atoms with Gasteiger partial charge in [0.25, 0.3) is 5.78 Å². The van der Waals surface area contributed by atoms with Crippen LogP contribution in [-0.4, -0.2) is 44.5 Å². The molecule has 9 heteroatoms. The summed E-state index contributed by atoms with van der Waals surface area (Å²) in [6.07, 6.45) is 4.10. The molecule has 0 radical (unpaired) electrons. The molecule has 2 amide bonds. The van der Waals surface area contributed by atoms with Gasteiger partial charge in [-0.3, -0.25) is 9.59 Å². The molecule has 3 heterocycles. The predicted octanol–water partition coefficient (Wildman–Crippen LogP) is 2.81. The van der Waals surface area contributed by atoms with E-state index in [2.05, 4.69) is 37.5 Å². The molecule has 0 spiro atoms. The lowest BCUT2D eigenvalue weighted by molar-refractivity contribution is -0.120. The lowest BCUT2D eigenvalue weighted by Crippen LogP contribution is -2.42. The first-order valence-electron chi connectivity index (χ1n) is 10.6. The van der Waals surface area contributed by atoms with E-state index in [1.165, 1.54) is 13.3 Å². The third-order valence-corrected chi connectivity index (χ3v) is 5.62. The molecule has 162 valence electrons. The Balaban J connectivity index is 1.51. The third-order valence-electron chi connectivity index (χ3n) is 5.62. The second-order valence-corrected chi connectivity index (χ2v) is 7.86. The summed E-state index contributed by atoms with van der Waals surface area (Å²) < 4.78 is 1.78. The van der Waals surface area contributed by atoms with Crippen LogP contribution in [0.1, 0.15) is 37.9 Å². The number of carbonyl (C=O) groups excluding carboxylic acids is 2. The van der Waals surface area contributed by atoms with Crippen LogP contribution in [-0.2, 0) is 16.0 Å². The second kappa shape index (κ2) is 8.71. The van der Waals surface area contributed by atoms with Crippen LogP contribution in [0.5, 0.6) is 0 Å². The molecule has 2 aromatic heterocycles. The summed E-state index contributed by atoms with van der Waals surface area (Å²) in [5, 5.41) is 10.1. The number of benzene rings is 1. The first-order chi connectivity index (χ1) is 15.0. The molecule has 1 aliphatic rings. The average molecular weight is 422 g/mol. The summed E-state index contributed by atoms with van der Waals surface area (Å²) in [5.41, 5.74) is 3.49. The number of aryl methyl sites for hydroxylation is 1. The molecule has 1 fully saturated rings. The highest BCUT2D eigenvalue weighted by molar-refractivity contribution is 5.94.